The van der Waals surface area contributed by atoms with Crippen LogP contribution in [-0.4, -0.2) is 61.3 Å². The molecule has 1 amide bonds. The minimum Gasteiger partial charge on any atom is -0.490 e. The van der Waals surface area contributed by atoms with Crippen molar-refractivity contribution in [3.8, 4) is 11.5 Å². The second kappa shape index (κ2) is 11.2. The third-order valence-corrected chi connectivity index (χ3v) is 8.34. The van der Waals surface area contributed by atoms with Gasteiger partial charge in [0.15, 0.2) is 11.5 Å². The molecule has 34 heavy (non-hydrogen) atoms. The van der Waals surface area contributed by atoms with E-state index >= 15 is 0 Å². The van der Waals surface area contributed by atoms with Crippen LogP contribution in [0, 0.1) is 19.8 Å². The molecule has 188 valence electrons. The van der Waals surface area contributed by atoms with Gasteiger partial charge in [0, 0.05) is 32.6 Å². The van der Waals surface area contributed by atoms with Gasteiger partial charge in [0.05, 0.1) is 24.6 Å². The molecule has 9 nitrogen and oxygen atoms in total. The highest BCUT2D eigenvalue weighted by Crippen LogP contribution is 2.29. The number of carbonyl (C=O) groups is 1. The van der Waals surface area contributed by atoms with Gasteiger partial charge in [-0.3, -0.25) is 9.48 Å². The van der Waals surface area contributed by atoms with Gasteiger partial charge in [0.2, 0.25) is 15.9 Å². The summed E-state index contributed by atoms with van der Waals surface area (Å²) in [7, 11) is -1.89. The Balaban J connectivity index is 1.52. The fourth-order valence-corrected chi connectivity index (χ4v) is 6.21. The first kappa shape index (κ1) is 26.0. The Morgan fingerprint density at radius 3 is 2.35 bits per heavy atom. The minimum absolute atomic E-state index is 0.0262. The first-order chi connectivity index (χ1) is 16.2. The fourth-order valence-electron chi connectivity index (χ4n) is 4.34. The lowest BCUT2D eigenvalue weighted by atomic mass is 9.97. The van der Waals surface area contributed by atoms with Gasteiger partial charge >= 0.3 is 0 Å². The highest BCUT2D eigenvalue weighted by molar-refractivity contribution is 7.89. The minimum atomic E-state index is -3.63. The van der Waals surface area contributed by atoms with Gasteiger partial charge in [0.25, 0.3) is 0 Å². The summed E-state index contributed by atoms with van der Waals surface area (Å²) < 4.78 is 40.6. The van der Waals surface area contributed by atoms with Crippen LogP contribution >= 0.6 is 0 Å². The van der Waals surface area contributed by atoms with E-state index in [-0.39, 0.29) is 16.7 Å². The number of sulfonamides is 1. The highest BCUT2D eigenvalue weighted by Gasteiger charge is 2.35. The molecule has 2 aromatic rings. The Labute approximate surface area is 202 Å². The largest absolute Gasteiger partial charge is 0.490 e. The van der Waals surface area contributed by atoms with E-state index in [1.165, 1.54) is 4.31 Å². The van der Waals surface area contributed by atoms with E-state index in [4.69, 9.17) is 9.47 Å². The van der Waals surface area contributed by atoms with Crippen molar-refractivity contribution >= 4 is 15.9 Å². The van der Waals surface area contributed by atoms with Gasteiger partial charge in [-0.15, -0.1) is 0 Å². The average Bonchev–Trinajstić information content (AvgIpc) is 3.07. The summed E-state index contributed by atoms with van der Waals surface area (Å²) in [6.45, 7) is 9.60. The number of carbonyl (C=O) groups excluding carboxylic acids is 1. The molecule has 1 N–H and O–H groups in total. The molecule has 10 heteroatoms. The Morgan fingerprint density at radius 1 is 1.12 bits per heavy atom. The summed E-state index contributed by atoms with van der Waals surface area (Å²) in [5.41, 5.74) is 2.18. The number of aryl methyl sites for hydroxylation is 2. The van der Waals surface area contributed by atoms with Crippen LogP contribution in [0.2, 0.25) is 0 Å². The number of hydrogen-bond donors (Lipinski definition) is 1. The van der Waals surface area contributed by atoms with Gasteiger partial charge in [-0.2, -0.15) is 9.40 Å². The molecule has 0 radical (unpaired) electrons. The Morgan fingerprint density at radius 2 is 1.76 bits per heavy atom. The number of ether oxygens (including phenoxy) is 2. The first-order valence-electron chi connectivity index (χ1n) is 11.9. The second-order valence-corrected chi connectivity index (χ2v) is 10.4. The maximum Gasteiger partial charge on any atom is 0.246 e. The summed E-state index contributed by atoms with van der Waals surface area (Å²) >= 11 is 0. The molecule has 1 aromatic carbocycles. The topological polar surface area (TPSA) is 103 Å². The lowest BCUT2D eigenvalue weighted by Crippen LogP contribution is -2.43. The summed E-state index contributed by atoms with van der Waals surface area (Å²) in [6, 6.07) is 5.82. The van der Waals surface area contributed by atoms with E-state index in [1.54, 1.807) is 25.6 Å². The smallest absolute Gasteiger partial charge is 0.246 e. The van der Waals surface area contributed by atoms with Crippen molar-refractivity contribution in [3.63, 3.8) is 0 Å². The van der Waals surface area contributed by atoms with Crippen LogP contribution in [0.1, 0.15) is 43.6 Å². The van der Waals surface area contributed by atoms with Crippen molar-refractivity contribution in [2.75, 3.05) is 32.8 Å². The van der Waals surface area contributed by atoms with Gasteiger partial charge in [0.1, 0.15) is 4.90 Å². The molecule has 0 unspecified atom stereocenters. The number of nitrogens with zero attached hydrogens (tertiary/aromatic N) is 3. The third kappa shape index (κ3) is 5.72. The molecule has 1 aliphatic rings. The maximum atomic E-state index is 13.1. The lowest BCUT2D eigenvalue weighted by Gasteiger charge is -2.30. The van der Waals surface area contributed by atoms with Crippen molar-refractivity contribution in [2.24, 2.45) is 13.0 Å². The van der Waals surface area contributed by atoms with E-state index in [1.807, 2.05) is 32.0 Å². The number of hydrogen-bond acceptors (Lipinski definition) is 6. The monoisotopic (exact) mass is 492 g/mol. The van der Waals surface area contributed by atoms with E-state index in [2.05, 4.69) is 10.4 Å². The fraction of sp³-hybridized carbons (Fsp3) is 0.583. The Bertz CT molecular complexity index is 1100. The second-order valence-electron chi connectivity index (χ2n) is 8.49. The molecule has 1 aromatic heterocycles. The molecule has 0 spiro atoms. The van der Waals surface area contributed by atoms with E-state index in [0.717, 1.165) is 11.3 Å². The predicted molar refractivity (Wildman–Crippen MR) is 130 cm³/mol. The molecular weight excluding hydrogens is 456 g/mol. The predicted octanol–water partition coefficient (Wildman–Crippen LogP) is 2.59. The Kier molecular flexibility index (Phi) is 8.59. The first-order valence-corrected chi connectivity index (χ1v) is 13.3. The average molecular weight is 493 g/mol. The van der Waals surface area contributed by atoms with Crippen LogP contribution in [0.4, 0.5) is 0 Å². The molecule has 0 aliphatic carbocycles. The van der Waals surface area contributed by atoms with Crippen LogP contribution in [0.3, 0.4) is 0 Å². The zero-order chi connectivity index (χ0) is 24.9. The van der Waals surface area contributed by atoms with Crippen molar-refractivity contribution in [1.29, 1.82) is 0 Å². The number of aromatic nitrogens is 2. The normalized spacial score (nSPS) is 15.3. The summed E-state index contributed by atoms with van der Waals surface area (Å²) in [4.78, 5) is 13.0. The maximum absolute atomic E-state index is 13.1. The van der Waals surface area contributed by atoms with E-state index in [9.17, 15) is 13.2 Å². The number of piperidine rings is 1. The standard InChI is InChI=1S/C24H36N4O5S/c1-6-32-21-9-8-19(16-22(21)33-7-2)10-13-25-24(29)20-11-14-28(15-12-20)34(30,31)23-17(3)26-27(5)18(23)4/h8-9,16,20H,6-7,10-15H2,1-5H3,(H,25,29). The van der Waals surface area contributed by atoms with Crippen molar-refractivity contribution in [1.82, 2.24) is 19.4 Å². The zero-order valence-electron chi connectivity index (χ0n) is 20.8. The molecule has 2 heterocycles. The quantitative estimate of drug-likeness (QED) is 0.547. The number of nitrogens with one attached hydrogen (secondary N) is 1. The molecule has 1 saturated heterocycles. The molecule has 1 fully saturated rings. The third-order valence-electron chi connectivity index (χ3n) is 6.19. The molecule has 0 saturated carbocycles. The van der Waals surface area contributed by atoms with Crippen molar-refractivity contribution < 1.29 is 22.7 Å². The molecule has 0 atom stereocenters. The van der Waals surface area contributed by atoms with Gasteiger partial charge in [-0.25, -0.2) is 8.42 Å². The van der Waals surface area contributed by atoms with Crippen molar-refractivity contribution in [2.45, 2.75) is 51.9 Å². The van der Waals surface area contributed by atoms with Crippen molar-refractivity contribution in [3.05, 3.63) is 35.2 Å². The van der Waals surface area contributed by atoms with E-state index < -0.39 is 10.0 Å². The highest BCUT2D eigenvalue weighted by atomic mass is 32.2. The molecule has 3 rings (SSSR count). The van der Waals surface area contributed by atoms with Crippen LogP contribution < -0.4 is 14.8 Å². The zero-order valence-corrected chi connectivity index (χ0v) is 21.6. The van der Waals surface area contributed by atoms with Crippen LogP contribution in [0.15, 0.2) is 23.1 Å². The molecule has 0 bridgehead atoms. The van der Waals surface area contributed by atoms with Crippen LogP contribution in [0.25, 0.3) is 0 Å². The van der Waals surface area contributed by atoms with Crippen LogP contribution in [0.5, 0.6) is 11.5 Å². The number of amides is 1. The Hall–Kier alpha value is -2.59. The van der Waals surface area contributed by atoms with E-state index in [0.29, 0.717) is 69.2 Å². The number of benzene rings is 1. The van der Waals surface area contributed by atoms with Crippen LogP contribution in [-0.2, 0) is 28.3 Å². The van der Waals surface area contributed by atoms with Gasteiger partial charge < -0.3 is 14.8 Å². The molecular formula is C24H36N4O5S. The molecule has 1 aliphatic heterocycles. The van der Waals surface area contributed by atoms with Gasteiger partial charge in [-0.05, 0) is 64.7 Å². The summed E-state index contributed by atoms with van der Waals surface area (Å²) in [6.07, 6.45) is 1.67. The number of rotatable bonds is 10. The summed E-state index contributed by atoms with van der Waals surface area (Å²) in [5.74, 6) is 1.21. The van der Waals surface area contributed by atoms with Gasteiger partial charge in [-0.1, -0.05) is 6.07 Å². The lowest BCUT2D eigenvalue weighted by molar-refractivity contribution is -0.126. The SMILES string of the molecule is CCOc1ccc(CCNC(=O)C2CCN(S(=O)(=O)c3c(C)nn(C)c3C)CC2)cc1OCC. The summed E-state index contributed by atoms with van der Waals surface area (Å²) in [5, 5.41) is 7.24.